The van der Waals surface area contributed by atoms with Crippen molar-refractivity contribution < 1.29 is 14.7 Å². The molecule has 0 radical (unpaired) electrons. The summed E-state index contributed by atoms with van der Waals surface area (Å²) in [5, 5.41) is 12.3. The van der Waals surface area contributed by atoms with E-state index in [-0.39, 0.29) is 5.91 Å². The molecule has 0 aromatic heterocycles. The molecule has 1 fully saturated rings. The molecule has 114 valence electrons. The predicted octanol–water partition coefficient (Wildman–Crippen LogP) is 2.34. The molecular weight excluding hydrogens is 268 g/mol. The first-order valence-electron chi connectivity index (χ1n) is 7.26. The number of aliphatic carboxylic acids is 1. The molecule has 0 heterocycles. The van der Waals surface area contributed by atoms with Gasteiger partial charge in [0, 0.05) is 11.3 Å². The summed E-state index contributed by atoms with van der Waals surface area (Å²) in [6.45, 7) is 3.96. The van der Waals surface area contributed by atoms with Crippen molar-refractivity contribution in [3.63, 3.8) is 0 Å². The fraction of sp³-hybridized carbons (Fsp3) is 0.500. The zero-order valence-corrected chi connectivity index (χ0v) is 12.5. The smallest absolute Gasteiger partial charge is 0.329 e. The summed E-state index contributed by atoms with van der Waals surface area (Å²) in [5.74, 6) is -0.828. The number of nitrogens with one attached hydrogen (secondary N) is 1. The number of rotatable bonds is 3. The molecule has 21 heavy (non-hydrogen) atoms. The third-order valence-corrected chi connectivity index (χ3v) is 4.43. The van der Waals surface area contributed by atoms with Gasteiger partial charge in [0.1, 0.15) is 5.54 Å². The minimum absolute atomic E-state index is 0.376. The number of carbonyl (C=O) groups excluding carboxylic acids is 1. The van der Waals surface area contributed by atoms with Crippen molar-refractivity contribution in [1.82, 2.24) is 5.32 Å². The second kappa shape index (κ2) is 5.76. The van der Waals surface area contributed by atoms with Crippen LogP contribution in [0.2, 0.25) is 0 Å². The highest BCUT2D eigenvalue weighted by atomic mass is 16.4. The normalized spacial score (nSPS) is 25.3. The highest BCUT2D eigenvalue weighted by Gasteiger charge is 2.42. The monoisotopic (exact) mass is 290 g/mol. The highest BCUT2D eigenvalue weighted by molar-refractivity contribution is 5.98. The van der Waals surface area contributed by atoms with Crippen molar-refractivity contribution >= 4 is 17.6 Å². The van der Waals surface area contributed by atoms with Gasteiger partial charge in [0.15, 0.2) is 0 Å². The highest BCUT2D eigenvalue weighted by Crippen LogP contribution is 2.32. The molecule has 1 amide bonds. The Balaban J connectivity index is 2.19. The van der Waals surface area contributed by atoms with Crippen molar-refractivity contribution in [3.05, 3.63) is 29.3 Å². The number of anilines is 1. The van der Waals surface area contributed by atoms with Gasteiger partial charge in [0.05, 0.1) is 0 Å². The zero-order valence-electron chi connectivity index (χ0n) is 12.5. The maximum absolute atomic E-state index is 12.3. The molecule has 2 rings (SSSR count). The van der Waals surface area contributed by atoms with Crippen LogP contribution in [-0.4, -0.2) is 22.5 Å². The van der Waals surface area contributed by atoms with Crippen molar-refractivity contribution in [2.45, 2.75) is 45.1 Å². The van der Waals surface area contributed by atoms with Crippen molar-refractivity contribution in [2.24, 2.45) is 5.92 Å². The number of carboxylic acids is 1. The quantitative estimate of drug-likeness (QED) is 0.745. The van der Waals surface area contributed by atoms with E-state index in [1.54, 1.807) is 18.2 Å². The molecule has 0 saturated heterocycles. The van der Waals surface area contributed by atoms with E-state index in [0.717, 1.165) is 18.4 Å². The van der Waals surface area contributed by atoms with E-state index in [2.05, 4.69) is 12.2 Å². The van der Waals surface area contributed by atoms with Crippen LogP contribution in [0.25, 0.3) is 0 Å². The van der Waals surface area contributed by atoms with E-state index < -0.39 is 11.5 Å². The number of carboxylic acid groups (broad SMARTS) is 1. The zero-order chi connectivity index (χ0) is 15.6. The first-order chi connectivity index (χ1) is 9.84. The SMILES string of the molecule is Cc1ccc(C(=O)NC2(C(=O)O)CCC(C)CC2)cc1N. The lowest BCUT2D eigenvalue weighted by molar-refractivity contribution is -0.146. The van der Waals surface area contributed by atoms with Gasteiger partial charge in [0.2, 0.25) is 0 Å². The van der Waals surface area contributed by atoms with Crippen molar-refractivity contribution in [2.75, 3.05) is 5.73 Å². The van der Waals surface area contributed by atoms with Crippen LogP contribution in [0.4, 0.5) is 5.69 Å². The van der Waals surface area contributed by atoms with Gasteiger partial charge in [-0.25, -0.2) is 4.79 Å². The van der Waals surface area contributed by atoms with Gasteiger partial charge < -0.3 is 16.2 Å². The molecule has 0 bridgehead atoms. The summed E-state index contributed by atoms with van der Waals surface area (Å²) in [4.78, 5) is 24.0. The number of benzene rings is 1. The average Bonchev–Trinajstić information content (AvgIpc) is 2.44. The van der Waals surface area contributed by atoms with Crippen LogP contribution in [0.15, 0.2) is 18.2 Å². The lowest BCUT2D eigenvalue weighted by atomic mass is 9.77. The Morgan fingerprint density at radius 1 is 1.33 bits per heavy atom. The van der Waals surface area contributed by atoms with Crippen LogP contribution >= 0.6 is 0 Å². The van der Waals surface area contributed by atoms with E-state index >= 15 is 0 Å². The topological polar surface area (TPSA) is 92.4 Å². The lowest BCUT2D eigenvalue weighted by Crippen LogP contribution is -2.56. The Labute approximate surface area is 124 Å². The fourth-order valence-corrected chi connectivity index (χ4v) is 2.72. The third kappa shape index (κ3) is 3.17. The van der Waals surface area contributed by atoms with Gasteiger partial charge >= 0.3 is 5.97 Å². The molecular formula is C16H22N2O3. The van der Waals surface area contributed by atoms with E-state index in [1.807, 2.05) is 6.92 Å². The molecule has 1 aliphatic carbocycles. The lowest BCUT2D eigenvalue weighted by Gasteiger charge is -2.36. The van der Waals surface area contributed by atoms with Crippen LogP contribution in [0.1, 0.15) is 48.5 Å². The van der Waals surface area contributed by atoms with Crippen LogP contribution in [0, 0.1) is 12.8 Å². The summed E-state index contributed by atoms with van der Waals surface area (Å²) in [6, 6.07) is 5.02. The molecule has 1 aromatic rings. The third-order valence-electron chi connectivity index (χ3n) is 4.43. The van der Waals surface area contributed by atoms with Crippen molar-refractivity contribution in [3.8, 4) is 0 Å². The molecule has 1 aliphatic rings. The average molecular weight is 290 g/mol. The van der Waals surface area contributed by atoms with Gasteiger partial charge in [-0.2, -0.15) is 0 Å². The molecule has 1 saturated carbocycles. The van der Waals surface area contributed by atoms with Crippen LogP contribution in [-0.2, 0) is 4.79 Å². The molecule has 4 N–H and O–H groups in total. The summed E-state index contributed by atoms with van der Waals surface area (Å²) in [5.41, 5.74) is 6.48. The van der Waals surface area contributed by atoms with Gasteiger partial charge in [-0.15, -0.1) is 0 Å². The fourth-order valence-electron chi connectivity index (χ4n) is 2.72. The Bertz CT molecular complexity index is 561. The number of amides is 1. The van der Waals surface area contributed by atoms with E-state index in [9.17, 15) is 14.7 Å². The summed E-state index contributed by atoms with van der Waals surface area (Å²) in [6.07, 6.45) is 2.55. The molecule has 0 aliphatic heterocycles. The summed E-state index contributed by atoms with van der Waals surface area (Å²) < 4.78 is 0. The van der Waals surface area contributed by atoms with Crippen LogP contribution in [0.3, 0.4) is 0 Å². The Kier molecular flexibility index (Phi) is 4.21. The largest absolute Gasteiger partial charge is 0.480 e. The number of aryl methyl sites for hydroxylation is 1. The molecule has 5 nitrogen and oxygen atoms in total. The summed E-state index contributed by atoms with van der Waals surface area (Å²) >= 11 is 0. The molecule has 1 aromatic carbocycles. The summed E-state index contributed by atoms with van der Waals surface area (Å²) in [7, 11) is 0. The molecule has 0 atom stereocenters. The van der Waals surface area contributed by atoms with Gasteiger partial charge in [-0.1, -0.05) is 13.0 Å². The van der Waals surface area contributed by atoms with Crippen LogP contribution < -0.4 is 11.1 Å². The minimum Gasteiger partial charge on any atom is -0.480 e. The van der Waals surface area contributed by atoms with Gasteiger partial charge in [-0.05, 0) is 56.2 Å². The maximum atomic E-state index is 12.3. The second-order valence-electron chi connectivity index (χ2n) is 6.10. The van der Waals surface area contributed by atoms with E-state index in [1.165, 1.54) is 0 Å². The number of carbonyl (C=O) groups is 2. The maximum Gasteiger partial charge on any atom is 0.329 e. The predicted molar refractivity (Wildman–Crippen MR) is 81.1 cm³/mol. The number of nitrogen functional groups attached to an aromatic ring is 1. The van der Waals surface area contributed by atoms with Gasteiger partial charge in [0.25, 0.3) is 5.91 Å². The number of hydrogen-bond acceptors (Lipinski definition) is 3. The molecule has 5 heteroatoms. The van der Waals surface area contributed by atoms with E-state index in [4.69, 9.17) is 5.73 Å². The Morgan fingerprint density at radius 3 is 2.48 bits per heavy atom. The minimum atomic E-state index is -1.15. The van der Waals surface area contributed by atoms with Crippen molar-refractivity contribution in [1.29, 1.82) is 0 Å². The van der Waals surface area contributed by atoms with Crippen LogP contribution in [0.5, 0.6) is 0 Å². The molecule has 0 unspecified atom stereocenters. The Morgan fingerprint density at radius 2 is 1.95 bits per heavy atom. The van der Waals surface area contributed by atoms with Gasteiger partial charge in [-0.3, -0.25) is 4.79 Å². The first-order valence-corrected chi connectivity index (χ1v) is 7.26. The standard InChI is InChI=1S/C16H22N2O3/c1-10-5-7-16(8-6-10,15(20)21)18-14(19)12-4-3-11(2)13(17)9-12/h3-4,9-10H,5-8,17H2,1-2H3,(H,18,19)(H,20,21). The second-order valence-corrected chi connectivity index (χ2v) is 6.10. The molecule has 0 spiro atoms. The first kappa shape index (κ1) is 15.4. The Hall–Kier alpha value is -2.04. The number of hydrogen-bond donors (Lipinski definition) is 3. The number of nitrogens with two attached hydrogens (primary N) is 1. The van der Waals surface area contributed by atoms with E-state index in [0.29, 0.717) is 30.0 Å².